The van der Waals surface area contributed by atoms with E-state index in [1.807, 2.05) is 42.5 Å². The number of aromatic nitrogens is 2. The van der Waals surface area contributed by atoms with Crippen molar-refractivity contribution in [3.8, 4) is 22.8 Å². The van der Waals surface area contributed by atoms with Crippen molar-refractivity contribution >= 4 is 17.4 Å². The van der Waals surface area contributed by atoms with Gasteiger partial charge in [-0.05, 0) is 42.3 Å². The Kier molecular flexibility index (Phi) is 4.63. The van der Waals surface area contributed by atoms with Crippen molar-refractivity contribution in [1.29, 1.82) is 0 Å². The largest absolute Gasteiger partial charge is 0.457 e. The van der Waals surface area contributed by atoms with Gasteiger partial charge in [-0.3, -0.25) is 4.79 Å². The molecule has 5 rings (SSSR count). The van der Waals surface area contributed by atoms with Gasteiger partial charge in [-0.15, -0.1) is 0 Å². The van der Waals surface area contributed by atoms with Crippen LogP contribution in [0.4, 0.5) is 15.9 Å². The molecule has 1 amide bonds. The molecule has 0 unspecified atom stereocenters. The maximum Gasteiger partial charge on any atom is 0.254 e. The molecule has 0 radical (unpaired) electrons. The van der Waals surface area contributed by atoms with Gasteiger partial charge in [-0.1, -0.05) is 36.4 Å². The zero-order valence-electron chi connectivity index (χ0n) is 16.5. The molecule has 1 aliphatic rings. The summed E-state index contributed by atoms with van der Waals surface area (Å²) < 4.78 is 22.4. The van der Waals surface area contributed by atoms with E-state index < -0.39 is 11.7 Å². The van der Waals surface area contributed by atoms with Crippen LogP contribution in [0.25, 0.3) is 11.3 Å². The van der Waals surface area contributed by atoms with Crippen LogP contribution in [0.2, 0.25) is 0 Å². The first kappa shape index (κ1) is 18.9. The Hall–Kier alpha value is -4.13. The SMILES string of the molecule is NC(=O)c1c(-c2ccc(Oc3ccccc3)cc2F)nn2c1Nc1ccccc1CC2. The third-order valence-electron chi connectivity index (χ3n) is 5.24. The molecule has 31 heavy (non-hydrogen) atoms. The number of hydrogen-bond acceptors (Lipinski definition) is 4. The number of hydrogen-bond donors (Lipinski definition) is 2. The number of para-hydroxylation sites is 2. The number of rotatable bonds is 4. The third-order valence-corrected chi connectivity index (χ3v) is 5.24. The molecule has 7 heteroatoms. The molecule has 0 saturated heterocycles. The molecule has 1 aliphatic heterocycles. The molecule has 6 nitrogen and oxygen atoms in total. The Morgan fingerprint density at radius 1 is 1.03 bits per heavy atom. The number of halogens is 1. The monoisotopic (exact) mass is 414 g/mol. The molecule has 0 bridgehead atoms. The second-order valence-electron chi connectivity index (χ2n) is 7.25. The summed E-state index contributed by atoms with van der Waals surface area (Å²) in [6, 6.07) is 21.4. The van der Waals surface area contributed by atoms with E-state index in [4.69, 9.17) is 10.5 Å². The van der Waals surface area contributed by atoms with Crippen LogP contribution >= 0.6 is 0 Å². The summed E-state index contributed by atoms with van der Waals surface area (Å²) in [6.07, 6.45) is 0.724. The number of nitrogens with one attached hydrogen (secondary N) is 1. The van der Waals surface area contributed by atoms with Crippen molar-refractivity contribution in [2.45, 2.75) is 13.0 Å². The van der Waals surface area contributed by atoms with E-state index in [0.717, 1.165) is 17.7 Å². The lowest BCUT2D eigenvalue weighted by atomic mass is 10.1. The van der Waals surface area contributed by atoms with Gasteiger partial charge in [0.2, 0.25) is 0 Å². The topological polar surface area (TPSA) is 82.2 Å². The predicted octanol–water partition coefficient (Wildman–Crippen LogP) is 4.88. The first-order valence-electron chi connectivity index (χ1n) is 9.88. The molecular weight excluding hydrogens is 395 g/mol. The maximum absolute atomic E-state index is 15.1. The quantitative estimate of drug-likeness (QED) is 0.499. The number of anilines is 2. The molecule has 0 atom stereocenters. The highest BCUT2D eigenvalue weighted by Gasteiger charge is 2.27. The fourth-order valence-electron chi connectivity index (χ4n) is 3.76. The van der Waals surface area contributed by atoms with Crippen LogP contribution in [0.5, 0.6) is 11.5 Å². The highest BCUT2D eigenvalue weighted by molar-refractivity contribution is 6.04. The highest BCUT2D eigenvalue weighted by atomic mass is 19.1. The molecule has 3 N–H and O–H groups in total. The minimum atomic E-state index is -0.674. The molecule has 3 aromatic carbocycles. The predicted molar refractivity (Wildman–Crippen MR) is 116 cm³/mol. The van der Waals surface area contributed by atoms with Gasteiger partial charge in [0.15, 0.2) is 0 Å². The van der Waals surface area contributed by atoms with E-state index in [0.29, 0.717) is 23.9 Å². The second-order valence-corrected chi connectivity index (χ2v) is 7.25. The van der Waals surface area contributed by atoms with Crippen LogP contribution < -0.4 is 15.8 Å². The molecule has 2 heterocycles. The van der Waals surface area contributed by atoms with E-state index in [1.54, 1.807) is 28.9 Å². The summed E-state index contributed by atoms with van der Waals surface area (Å²) >= 11 is 0. The van der Waals surface area contributed by atoms with Gasteiger partial charge in [0.25, 0.3) is 5.91 Å². The van der Waals surface area contributed by atoms with Gasteiger partial charge < -0.3 is 15.8 Å². The first-order chi connectivity index (χ1) is 15.1. The number of benzene rings is 3. The zero-order chi connectivity index (χ0) is 21.4. The van der Waals surface area contributed by atoms with Crippen molar-refractivity contribution in [3.63, 3.8) is 0 Å². The number of carbonyl (C=O) groups is 1. The molecule has 0 aliphatic carbocycles. The van der Waals surface area contributed by atoms with E-state index >= 15 is 4.39 Å². The summed E-state index contributed by atoms with van der Waals surface area (Å²) in [4.78, 5) is 12.4. The second kappa shape index (κ2) is 7.60. The van der Waals surface area contributed by atoms with Crippen molar-refractivity contribution in [2.75, 3.05) is 5.32 Å². The van der Waals surface area contributed by atoms with E-state index in [-0.39, 0.29) is 16.8 Å². The average molecular weight is 414 g/mol. The van der Waals surface area contributed by atoms with Gasteiger partial charge in [0.05, 0.1) is 0 Å². The summed E-state index contributed by atoms with van der Waals surface area (Å²) in [6.45, 7) is 0.538. The van der Waals surface area contributed by atoms with Crippen LogP contribution in [0, 0.1) is 5.82 Å². The maximum atomic E-state index is 15.1. The number of nitrogens with two attached hydrogens (primary N) is 1. The van der Waals surface area contributed by atoms with Gasteiger partial charge in [0, 0.05) is 23.9 Å². The molecule has 0 spiro atoms. The molecule has 154 valence electrons. The molecule has 0 saturated carbocycles. The zero-order valence-corrected chi connectivity index (χ0v) is 16.5. The number of ether oxygens (including phenoxy) is 1. The third kappa shape index (κ3) is 3.50. The Balaban J connectivity index is 1.55. The lowest BCUT2D eigenvalue weighted by Crippen LogP contribution is -2.14. The van der Waals surface area contributed by atoms with Crippen LogP contribution in [0.1, 0.15) is 15.9 Å². The van der Waals surface area contributed by atoms with Crippen LogP contribution in [0.3, 0.4) is 0 Å². The van der Waals surface area contributed by atoms with Crippen molar-refractivity contribution in [2.24, 2.45) is 5.73 Å². The van der Waals surface area contributed by atoms with Gasteiger partial charge >= 0.3 is 0 Å². The molecule has 0 fully saturated rings. The lowest BCUT2D eigenvalue weighted by Gasteiger charge is -2.09. The number of carbonyl (C=O) groups excluding carboxylic acids is 1. The van der Waals surface area contributed by atoms with Crippen molar-refractivity contribution in [1.82, 2.24) is 9.78 Å². The van der Waals surface area contributed by atoms with E-state index in [9.17, 15) is 4.79 Å². The number of primary amides is 1. The summed E-state index contributed by atoms with van der Waals surface area (Å²) in [5, 5.41) is 7.79. The van der Waals surface area contributed by atoms with E-state index in [1.165, 1.54) is 6.07 Å². The Morgan fingerprint density at radius 2 is 1.81 bits per heavy atom. The van der Waals surface area contributed by atoms with Crippen LogP contribution in [-0.2, 0) is 13.0 Å². The molecular formula is C24H19FN4O2. The normalized spacial score (nSPS) is 12.3. The van der Waals surface area contributed by atoms with E-state index in [2.05, 4.69) is 10.4 Å². The Labute approximate surface area is 178 Å². The smallest absolute Gasteiger partial charge is 0.254 e. The van der Waals surface area contributed by atoms with Crippen molar-refractivity contribution in [3.05, 3.63) is 89.7 Å². The Morgan fingerprint density at radius 3 is 2.58 bits per heavy atom. The average Bonchev–Trinajstić information content (AvgIpc) is 3.02. The Bertz CT molecular complexity index is 1280. The number of fused-ring (bicyclic) bond motifs is 2. The summed E-state index contributed by atoms with van der Waals surface area (Å²) in [7, 11) is 0. The summed E-state index contributed by atoms with van der Waals surface area (Å²) in [5.74, 6) is 0.193. The van der Waals surface area contributed by atoms with Crippen LogP contribution in [-0.4, -0.2) is 15.7 Å². The van der Waals surface area contributed by atoms with Crippen LogP contribution in [0.15, 0.2) is 72.8 Å². The molecule has 1 aromatic heterocycles. The van der Waals surface area contributed by atoms with Gasteiger partial charge in [0.1, 0.15) is 34.4 Å². The summed E-state index contributed by atoms with van der Waals surface area (Å²) in [5.41, 5.74) is 8.23. The fraction of sp³-hybridized carbons (Fsp3) is 0.0833. The number of amides is 1. The number of aryl methyl sites for hydroxylation is 2. The molecule has 4 aromatic rings. The van der Waals surface area contributed by atoms with Gasteiger partial charge in [-0.2, -0.15) is 5.10 Å². The minimum absolute atomic E-state index is 0.160. The van der Waals surface area contributed by atoms with Gasteiger partial charge in [-0.25, -0.2) is 9.07 Å². The lowest BCUT2D eigenvalue weighted by molar-refractivity contribution is 0.100. The standard InChI is InChI=1S/C24H19FN4O2/c25-19-14-17(31-16-7-2-1-3-8-16)10-11-18(19)22-21(23(26)30)24-27-20-9-5-4-6-15(20)12-13-29(24)28-22/h1-11,14,27H,12-13H2,(H2,26,30). The first-order valence-corrected chi connectivity index (χ1v) is 9.88. The number of nitrogens with zero attached hydrogens (tertiary/aromatic N) is 2. The highest BCUT2D eigenvalue weighted by Crippen LogP contribution is 2.36. The fourth-order valence-corrected chi connectivity index (χ4v) is 3.76. The minimum Gasteiger partial charge on any atom is -0.457 e. The van der Waals surface area contributed by atoms with Crippen molar-refractivity contribution < 1.29 is 13.9 Å².